The molecule has 1 aliphatic heterocycles. The van der Waals surface area contributed by atoms with Gasteiger partial charge >= 0.3 is 0 Å². The summed E-state index contributed by atoms with van der Waals surface area (Å²) in [5, 5.41) is 6.16. The smallest absolute Gasteiger partial charge is 0.271 e. The Balaban J connectivity index is 1.71. The fourth-order valence-electron chi connectivity index (χ4n) is 1.86. The molecule has 1 aromatic rings. The van der Waals surface area contributed by atoms with Gasteiger partial charge in [0.2, 0.25) is 0 Å². The molecule has 0 spiro atoms. The molecule has 5 nitrogen and oxygen atoms in total. The number of nitrogens with one attached hydrogen (secondary N) is 2. The molecular formula is C11H16N4O. The van der Waals surface area contributed by atoms with E-state index in [-0.39, 0.29) is 5.91 Å². The molecule has 1 aliphatic rings. The summed E-state index contributed by atoms with van der Waals surface area (Å²) in [5.41, 5.74) is 0.382. The van der Waals surface area contributed by atoms with E-state index in [1.807, 2.05) is 0 Å². The first kappa shape index (κ1) is 11.0. The van der Waals surface area contributed by atoms with Crippen molar-refractivity contribution in [3.8, 4) is 0 Å². The highest BCUT2D eigenvalue weighted by Gasteiger charge is 2.14. The van der Waals surface area contributed by atoms with Gasteiger partial charge in [0.15, 0.2) is 0 Å². The second-order valence-electron chi connectivity index (χ2n) is 3.99. The van der Waals surface area contributed by atoms with Crippen molar-refractivity contribution in [2.75, 3.05) is 19.6 Å². The molecule has 1 aromatic heterocycles. The number of aromatic nitrogens is 2. The Kier molecular flexibility index (Phi) is 3.82. The lowest BCUT2D eigenvalue weighted by molar-refractivity contribution is 0.0946. The zero-order valence-corrected chi connectivity index (χ0v) is 9.15. The summed E-state index contributed by atoms with van der Waals surface area (Å²) >= 11 is 0. The minimum absolute atomic E-state index is 0.140. The first-order valence-electron chi connectivity index (χ1n) is 5.61. The van der Waals surface area contributed by atoms with Crippen molar-refractivity contribution >= 4 is 5.91 Å². The molecule has 1 atom stereocenters. The monoisotopic (exact) mass is 220 g/mol. The highest BCUT2D eigenvalue weighted by molar-refractivity contribution is 5.91. The summed E-state index contributed by atoms with van der Waals surface area (Å²) < 4.78 is 0. The zero-order valence-electron chi connectivity index (χ0n) is 9.15. The standard InChI is InChI=1S/C11H16N4O/c16-11(10-8-13-5-6-14-10)15-4-2-9-1-3-12-7-9/h5-6,8-9,12H,1-4,7H2,(H,15,16). The Morgan fingerprint density at radius 3 is 3.19 bits per heavy atom. The quantitative estimate of drug-likeness (QED) is 0.761. The van der Waals surface area contributed by atoms with Gasteiger partial charge in [-0.1, -0.05) is 0 Å². The highest BCUT2D eigenvalue weighted by Crippen LogP contribution is 2.10. The minimum Gasteiger partial charge on any atom is -0.351 e. The van der Waals surface area contributed by atoms with Crippen molar-refractivity contribution in [2.45, 2.75) is 12.8 Å². The van der Waals surface area contributed by atoms with Crippen LogP contribution in [0.15, 0.2) is 18.6 Å². The summed E-state index contributed by atoms with van der Waals surface area (Å²) in [7, 11) is 0. The third-order valence-electron chi connectivity index (χ3n) is 2.80. The molecule has 2 rings (SSSR count). The molecule has 16 heavy (non-hydrogen) atoms. The van der Waals surface area contributed by atoms with Gasteiger partial charge in [0, 0.05) is 18.9 Å². The SMILES string of the molecule is O=C(NCCC1CCNC1)c1cnccn1. The number of carbonyl (C=O) groups excluding carboxylic acids is 1. The van der Waals surface area contributed by atoms with E-state index in [4.69, 9.17) is 0 Å². The Hall–Kier alpha value is -1.49. The molecule has 0 saturated carbocycles. The van der Waals surface area contributed by atoms with E-state index in [9.17, 15) is 4.79 Å². The number of nitrogens with zero attached hydrogens (tertiary/aromatic N) is 2. The molecule has 1 unspecified atom stereocenters. The van der Waals surface area contributed by atoms with Gasteiger partial charge in [-0.15, -0.1) is 0 Å². The lowest BCUT2D eigenvalue weighted by Crippen LogP contribution is -2.27. The van der Waals surface area contributed by atoms with Gasteiger partial charge in [-0.3, -0.25) is 9.78 Å². The first-order valence-corrected chi connectivity index (χ1v) is 5.61. The van der Waals surface area contributed by atoms with Crippen molar-refractivity contribution in [1.82, 2.24) is 20.6 Å². The van der Waals surface area contributed by atoms with E-state index in [0.29, 0.717) is 18.2 Å². The number of hydrogen-bond donors (Lipinski definition) is 2. The molecule has 86 valence electrons. The van der Waals surface area contributed by atoms with Crippen LogP contribution in [0.3, 0.4) is 0 Å². The van der Waals surface area contributed by atoms with E-state index >= 15 is 0 Å². The van der Waals surface area contributed by atoms with Crippen LogP contribution in [-0.2, 0) is 0 Å². The fourth-order valence-corrected chi connectivity index (χ4v) is 1.86. The van der Waals surface area contributed by atoms with Crippen LogP contribution in [-0.4, -0.2) is 35.5 Å². The third-order valence-corrected chi connectivity index (χ3v) is 2.80. The van der Waals surface area contributed by atoms with Crippen LogP contribution in [0.5, 0.6) is 0 Å². The summed E-state index contributed by atoms with van der Waals surface area (Å²) in [6.45, 7) is 2.88. The zero-order chi connectivity index (χ0) is 11.2. The van der Waals surface area contributed by atoms with E-state index in [1.54, 1.807) is 6.20 Å². The second kappa shape index (κ2) is 5.55. The Morgan fingerprint density at radius 1 is 1.56 bits per heavy atom. The molecule has 5 heteroatoms. The summed E-state index contributed by atoms with van der Waals surface area (Å²) in [4.78, 5) is 19.4. The normalized spacial score (nSPS) is 19.6. The van der Waals surface area contributed by atoms with E-state index in [2.05, 4.69) is 20.6 Å². The van der Waals surface area contributed by atoms with Crippen molar-refractivity contribution < 1.29 is 4.79 Å². The number of hydrogen-bond acceptors (Lipinski definition) is 4. The lowest BCUT2D eigenvalue weighted by atomic mass is 10.1. The molecule has 2 heterocycles. The molecule has 0 radical (unpaired) electrons. The molecule has 0 aromatic carbocycles. The van der Waals surface area contributed by atoms with Crippen LogP contribution in [0.1, 0.15) is 23.3 Å². The van der Waals surface area contributed by atoms with Crippen molar-refractivity contribution in [3.05, 3.63) is 24.3 Å². The van der Waals surface area contributed by atoms with Gasteiger partial charge < -0.3 is 10.6 Å². The predicted octanol–water partition coefficient (Wildman–Crippen LogP) is 0.206. The van der Waals surface area contributed by atoms with Crippen LogP contribution >= 0.6 is 0 Å². The molecule has 1 saturated heterocycles. The van der Waals surface area contributed by atoms with Gasteiger partial charge in [-0.05, 0) is 31.8 Å². The largest absolute Gasteiger partial charge is 0.351 e. The van der Waals surface area contributed by atoms with E-state index in [1.165, 1.54) is 18.8 Å². The maximum atomic E-state index is 11.6. The summed E-state index contributed by atoms with van der Waals surface area (Å²) in [5.74, 6) is 0.557. The molecule has 1 fully saturated rings. The topological polar surface area (TPSA) is 66.9 Å². The van der Waals surface area contributed by atoms with Crippen molar-refractivity contribution in [3.63, 3.8) is 0 Å². The highest BCUT2D eigenvalue weighted by atomic mass is 16.1. The van der Waals surface area contributed by atoms with Crippen LogP contribution in [0.2, 0.25) is 0 Å². The maximum absolute atomic E-state index is 11.6. The fraction of sp³-hybridized carbons (Fsp3) is 0.545. The van der Waals surface area contributed by atoms with Gasteiger partial charge in [-0.25, -0.2) is 4.98 Å². The second-order valence-corrected chi connectivity index (χ2v) is 3.99. The Morgan fingerprint density at radius 2 is 2.50 bits per heavy atom. The number of rotatable bonds is 4. The molecule has 0 bridgehead atoms. The van der Waals surface area contributed by atoms with E-state index in [0.717, 1.165) is 19.5 Å². The summed E-state index contributed by atoms with van der Waals surface area (Å²) in [6, 6.07) is 0. The molecule has 0 aliphatic carbocycles. The lowest BCUT2D eigenvalue weighted by Gasteiger charge is -2.08. The Bertz CT molecular complexity index is 335. The average molecular weight is 220 g/mol. The summed E-state index contributed by atoms with van der Waals surface area (Å²) in [6.07, 6.45) is 6.79. The van der Waals surface area contributed by atoms with Crippen molar-refractivity contribution in [2.24, 2.45) is 5.92 Å². The van der Waals surface area contributed by atoms with Crippen LogP contribution < -0.4 is 10.6 Å². The average Bonchev–Trinajstić information content (AvgIpc) is 2.83. The van der Waals surface area contributed by atoms with Gasteiger partial charge in [-0.2, -0.15) is 0 Å². The number of amides is 1. The van der Waals surface area contributed by atoms with Crippen LogP contribution in [0.4, 0.5) is 0 Å². The molecule has 2 N–H and O–H groups in total. The van der Waals surface area contributed by atoms with Crippen LogP contribution in [0.25, 0.3) is 0 Å². The van der Waals surface area contributed by atoms with Crippen LogP contribution in [0, 0.1) is 5.92 Å². The number of carbonyl (C=O) groups is 1. The Labute approximate surface area is 94.7 Å². The first-order chi connectivity index (χ1) is 7.86. The van der Waals surface area contributed by atoms with Gasteiger partial charge in [0.1, 0.15) is 5.69 Å². The van der Waals surface area contributed by atoms with E-state index < -0.39 is 0 Å². The molecular weight excluding hydrogens is 204 g/mol. The minimum atomic E-state index is -0.140. The van der Waals surface area contributed by atoms with Gasteiger partial charge in [0.05, 0.1) is 6.20 Å². The van der Waals surface area contributed by atoms with Crippen molar-refractivity contribution in [1.29, 1.82) is 0 Å². The van der Waals surface area contributed by atoms with Gasteiger partial charge in [0.25, 0.3) is 5.91 Å². The molecule has 1 amide bonds. The maximum Gasteiger partial charge on any atom is 0.271 e. The predicted molar refractivity (Wildman–Crippen MR) is 60.0 cm³/mol. The third kappa shape index (κ3) is 3.00.